The van der Waals surface area contributed by atoms with Crippen LogP contribution in [0.15, 0.2) is 6.07 Å². The maximum Gasteiger partial charge on any atom is 0.101 e. The summed E-state index contributed by atoms with van der Waals surface area (Å²) in [6.07, 6.45) is 0.961. The van der Waals surface area contributed by atoms with E-state index in [9.17, 15) is 0 Å². The predicted octanol–water partition coefficient (Wildman–Crippen LogP) is 1.76. The van der Waals surface area contributed by atoms with Crippen LogP contribution in [-0.4, -0.2) is 4.98 Å². The number of rotatable bonds is 1. The van der Waals surface area contributed by atoms with E-state index in [1.807, 2.05) is 13.0 Å². The molecule has 0 saturated heterocycles. The molecule has 2 heteroatoms. The third-order valence-electron chi connectivity index (χ3n) is 1.57. The molecule has 0 aliphatic heterocycles. The molecule has 1 aromatic rings. The Hall–Kier alpha value is -1.23. The normalized spacial score (nSPS) is 9.30. The number of aromatic nitrogens is 1. The van der Waals surface area contributed by atoms with Crippen molar-refractivity contribution in [2.24, 2.45) is 0 Å². The highest BCUT2D eigenvalue weighted by Crippen LogP contribution is 2.08. The summed E-state index contributed by atoms with van der Waals surface area (Å²) < 4.78 is 0. The van der Waals surface area contributed by atoms with Crippen molar-refractivity contribution in [2.45, 2.75) is 20.3 Å². The van der Waals surface area contributed by atoms with Crippen molar-refractivity contribution in [3.8, 4) is 6.07 Å². The molecule has 0 amide bonds. The third kappa shape index (κ3) is 1.03. The molecule has 10 heavy (non-hydrogen) atoms. The van der Waals surface area contributed by atoms with Gasteiger partial charge in [-0.25, -0.2) is 0 Å². The van der Waals surface area contributed by atoms with Gasteiger partial charge >= 0.3 is 0 Å². The van der Waals surface area contributed by atoms with E-state index in [0.29, 0.717) is 0 Å². The van der Waals surface area contributed by atoms with Crippen LogP contribution in [0.1, 0.15) is 23.9 Å². The van der Waals surface area contributed by atoms with E-state index < -0.39 is 0 Å². The quantitative estimate of drug-likeness (QED) is 0.624. The van der Waals surface area contributed by atoms with E-state index in [1.54, 1.807) is 0 Å². The SMILES string of the molecule is CCc1cc(C#N)c(C)[nH]1. The van der Waals surface area contributed by atoms with Crippen LogP contribution >= 0.6 is 0 Å². The van der Waals surface area contributed by atoms with Crippen molar-refractivity contribution in [2.75, 3.05) is 0 Å². The summed E-state index contributed by atoms with van der Waals surface area (Å²) in [5.74, 6) is 0. The molecule has 52 valence electrons. The largest absolute Gasteiger partial charge is 0.361 e. The fourth-order valence-corrected chi connectivity index (χ4v) is 0.933. The van der Waals surface area contributed by atoms with Crippen LogP contribution < -0.4 is 0 Å². The molecule has 0 spiro atoms. The van der Waals surface area contributed by atoms with E-state index in [-0.39, 0.29) is 0 Å². The lowest BCUT2D eigenvalue weighted by molar-refractivity contribution is 1.04. The molecule has 0 unspecified atom stereocenters. The van der Waals surface area contributed by atoms with Crippen LogP contribution in [0, 0.1) is 18.3 Å². The molecule has 0 bridgehead atoms. The van der Waals surface area contributed by atoms with Gasteiger partial charge in [-0.3, -0.25) is 0 Å². The average Bonchev–Trinajstić information content (AvgIpc) is 2.30. The van der Waals surface area contributed by atoms with Gasteiger partial charge in [0.2, 0.25) is 0 Å². The summed E-state index contributed by atoms with van der Waals surface area (Å²) in [5.41, 5.74) is 2.87. The molecule has 0 atom stereocenters. The highest BCUT2D eigenvalue weighted by molar-refractivity contribution is 5.35. The van der Waals surface area contributed by atoms with Crippen LogP contribution in [0.2, 0.25) is 0 Å². The standard InChI is InChI=1S/C8H10N2/c1-3-8-4-7(5-9)6(2)10-8/h4,10H,3H2,1-2H3. The van der Waals surface area contributed by atoms with Crippen LogP contribution in [0.5, 0.6) is 0 Å². The number of hydrogen-bond donors (Lipinski definition) is 1. The minimum absolute atomic E-state index is 0.761. The van der Waals surface area contributed by atoms with E-state index in [1.165, 1.54) is 0 Å². The van der Waals surface area contributed by atoms with Crippen LogP contribution in [-0.2, 0) is 6.42 Å². The summed E-state index contributed by atoms with van der Waals surface area (Å²) in [6, 6.07) is 4.02. The lowest BCUT2D eigenvalue weighted by atomic mass is 10.2. The Labute approximate surface area is 60.5 Å². The van der Waals surface area contributed by atoms with E-state index in [4.69, 9.17) is 5.26 Å². The van der Waals surface area contributed by atoms with E-state index >= 15 is 0 Å². The molecule has 0 saturated carbocycles. The Balaban J connectivity index is 3.07. The number of H-pyrrole nitrogens is 1. The summed E-state index contributed by atoms with van der Waals surface area (Å²) >= 11 is 0. The minimum Gasteiger partial charge on any atom is -0.361 e. The van der Waals surface area contributed by atoms with Crippen LogP contribution in [0.3, 0.4) is 0 Å². The molecule has 0 fully saturated rings. The molecule has 1 N–H and O–H groups in total. The Bertz CT molecular complexity index is 265. The topological polar surface area (TPSA) is 39.6 Å². The Morgan fingerprint density at radius 1 is 1.70 bits per heavy atom. The van der Waals surface area contributed by atoms with Gasteiger partial charge in [-0.05, 0) is 19.4 Å². The Kier molecular flexibility index (Phi) is 1.77. The lowest BCUT2D eigenvalue weighted by Crippen LogP contribution is -1.77. The number of hydrogen-bond acceptors (Lipinski definition) is 1. The smallest absolute Gasteiger partial charge is 0.101 e. The molecule has 1 heterocycles. The van der Waals surface area contributed by atoms with Gasteiger partial charge in [-0.15, -0.1) is 0 Å². The maximum atomic E-state index is 8.56. The molecule has 1 aromatic heterocycles. The van der Waals surface area contributed by atoms with E-state index in [2.05, 4.69) is 18.0 Å². The van der Waals surface area contributed by atoms with Crippen molar-refractivity contribution in [3.63, 3.8) is 0 Å². The molecule has 0 aliphatic rings. The van der Waals surface area contributed by atoms with Crippen LogP contribution in [0.25, 0.3) is 0 Å². The fraction of sp³-hybridized carbons (Fsp3) is 0.375. The zero-order valence-corrected chi connectivity index (χ0v) is 6.23. The first kappa shape index (κ1) is 6.88. The van der Waals surface area contributed by atoms with Gasteiger partial charge in [0, 0.05) is 11.4 Å². The summed E-state index contributed by atoms with van der Waals surface area (Å²) in [7, 11) is 0. The van der Waals surface area contributed by atoms with E-state index in [0.717, 1.165) is 23.4 Å². The molecule has 2 nitrogen and oxygen atoms in total. The fourth-order valence-electron chi connectivity index (χ4n) is 0.933. The van der Waals surface area contributed by atoms with Crippen molar-refractivity contribution in [1.82, 2.24) is 4.98 Å². The van der Waals surface area contributed by atoms with Crippen LogP contribution in [0.4, 0.5) is 0 Å². The predicted molar refractivity (Wildman–Crippen MR) is 39.6 cm³/mol. The molecular weight excluding hydrogens is 124 g/mol. The van der Waals surface area contributed by atoms with Gasteiger partial charge in [0.15, 0.2) is 0 Å². The second-order valence-corrected chi connectivity index (χ2v) is 2.30. The first-order valence-electron chi connectivity index (χ1n) is 3.36. The number of nitrogens with zero attached hydrogens (tertiary/aromatic N) is 1. The number of aryl methyl sites for hydroxylation is 2. The summed E-state index contributed by atoms with van der Waals surface area (Å²) in [6.45, 7) is 3.98. The van der Waals surface area contributed by atoms with Gasteiger partial charge in [0.25, 0.3) is 0 Å². The highest BCUT2D eigenvalue weighted by Gasteiger charge is 1.99. The summed E-state index contributed by atoms with van der Waals surface area (Å²) in [4.78, 5) is 3.12. The molecule has 1 rings (SSSR count). The maximum absolute atomic E-state index is 8.56. The monoisotopic (exact) mass is 134 g/mol. The Morgan fingerprint density at radius 2 is 2.40 bits per heavy atom. The van der Waals surface area contributed by atoms with Gasteiger partial charge in [-0.2, -0.15) is 5.26 Å². The second-order valence-electron chi connectivity index (χ2n) is 2.30. The number of nitrogens with one attached hydrogen (secondary N) is 1. The number of nitriles is 1. The van der Waals surface area contributed by atoms with Gasteiger partial charge < -0.3 is 4.98 Å². The highest BCUT2D eigenvalue weighted by atomic mass is 14.7. The minimum atomic E-state index is 0.761. The lowest BCUT2D eigenvalue weighted by Gasteiger charge is -1.84. The van der Waals surface area contributed by atoms with Crippen molar-refractivity contribution in [1.29, 1.82) is 5.26 Å². The first-order chi connectivity index (χ1) is 4.77. The third-order valence-corrected chi connectivity index (χ3v) is 1.57. The van der Waals surface area contributed by atoms with Gasteiger partial charge in [-0.1, -0.05) is 6.92 Å². The van der Waals surface area contributed by atoms with Crippen molar-refractivity contribution < 1.29 is 0 Å². The second kappa shape index (κ2) is 2.57. The molecule has 0 radical (unpaired) electrons. The van der Waals surface area contributed by atoms with Crippen molar-refractivity contribution in [3.05, 3.63) is 23.0 Å². The Morgan fingerprint density at radius 3 is 2.70 bits per heavy atom. The molecule has 0 aromatic carbocycles. The molecular formula is C8H10N2. The number of aromatic amines is 1. The molecule has 0 aliphatic carbocycles. The average molecular weight is 134 g/mol. The summed E-state index contributed by atoms with van der Waals surface area (Å²) in [5, 5.41) is 8.56. The first-order valence-corrected chi connectivity index (χ1v) is 3.36. The van der Waals surface area contributed by atoms with Gasteiger partial charge in [0.05, 0.1) is 5.56 Å². The zero-order valence-electron chi connectivity index (χ0n) is 6.23. The zero-order chi connectivity index (χ0) is 7.56. The van der Waals surface area contributed by atoms with Gasteiger partial charge in [0.1, 0.15) is 6.07 Å². The van der Waals surface area contributed by atoms with Crippen molar-refractivity contribution >= 4 is 0 Å².